The van der Waals surface area contributed by atoms with Crippen LogP contribution < -0.4 is 20.7 Å². The van der Waals surface area contributed by atoms with Crippen molar-refractivity contribution in [3.8, 4) is 5.75 Å². The van der Waals surface area contributed by atoms with E-state index in [1.54, 1.807) is 13.2 Å². The summed E-state index contributed by atoms with van der Waals surface area (Å²) in [5, 5.41) is 10.1. The summed E-state index contributed by atoms with van der Waals surface area (Å²) in [6.45, 7) is 6.45. The minimum atomic E-state index is -0.196. The van der Waals surface area contributed by atoms with Gasteiger partial charge in [0.1, 0.15) is 5.75 Å². The van der Waals surface area contributed by atoms with E-state index in [-0.39, 0.29) is 5.91 Å². The molecule has 0 fully saturated rings. The zero-order chi connectivity index (χ0) is 21.1. The van der Waals surface area contributed by atoms with Crippen molar-refractivity contribution in [3.05, 3.63) is 52.4 Å². The van der Waals surface area contributed by atoms with E-state index in [9.17, 15) is 4.79 Å². The minimum Gasteiger partial charge on any atom is -0.497 e. The second-order valence-corrected chi connectivity index (χ2v) is 6.84. The highest BCUT2D eigenvalue weighted by Crippen LogP contribution is 2.22. The van der Waals surface area contributed by atoms with Crippen LogP contribution in [0.5, 0.6) is 5.75 Å². The molecule has 0 unspecified atom stereocenters. The molecular weight excluding hydrogens is 392 g/mol. The van der Waals surface area contributed by atoms with Crippen LogP contribution in [0, 0.1) is 6.92 Å². The van der Waals surface area contributed by atoms with Gasteiger partial charge in [-0.15, -0.1) is 0 Å². The van der Waals surface area contributed by atoms with Gasteiger partial charge in [0, 0.05) is 36.8 Å². The van der Waals surface area contributed by atoms with E-state index >= 15 is 0 Å². The topological polar surface area (TPSA) is 87.9 Å². The number of carbonyl (C=O) groups excluding carboxylic acids is 1. The van der Waals surface area contributed by atoms with Crippen LogP contribution in [0.2, 0.25) is 5.02 Å². The quantitative estimate of drug-likeness (QED) is 0.312. The van der Waals surface area contributed by atoms with Crippen LogP contribution in [-0.4, -0.2) is 45.2 Å². The fourth-order valence-corrected chi connectivity index (χ4v) is 2.94. The maximum absolute atomic E-state index is 12.0. The lowest BCUT2D eigenvalue weighted by Gasteiger charge is -2.12. The Hall–Kier alpha value is -2.67. The van der Waals surface area contributed by atoms with Crippen molar-refractivity contribution in [2.24, 2.45) is 4.99 Å². The van der Waals surface area contributed by atoms with Crippen molar-refractivity contribution in [2.45, 2.75) is 26.7 Å². The predicted molar refractivity (Wildman–Crippen MR) is 116 cm³/mol. The van der Waals surface area contributed by atoms with Gasteiger partial charge in [-0.3, -0.25) is 9.79 Å². The fourth-order valence-electron chi connectivity index (χ4n) is 2.67. The van der Waals surface area contributed by atoms with E-state index in [0.29, 0.717) is 30.4 Å². The van der Waals surface area contributed by atoms with Crippen LogP contribution in [-0.2, 0) is 6.42 Å². The van der Waals surface area contributed by atoms with Crippen molar-refractivity contribution in [3.63, 3.8) is 0 Å². The van der Waals surface area contributed by atoms with Gasteiger partial charge in [-0.25, -0.2) is 0 Å². The molecule has 1 aromatic heterocycles. The molecule has 0 spiro atoms. The summed E-state index contributed by atoms with van der Waals surface area (Å²) in [7, 11) is 1.62. The monoisotopic (exact) mass is 420 g/mol. The molecule has 29 heavy (non-hydrogen) atoms. The molecular formula is C21H29ClN4O3. The van der Waals surface area contributed by atoms with Gasteiger partial charge in [-0.1, -0.05) is 17.7 Å². The normalized spacial score (nSPS) is 11.2. The number of hydrogen-bond acceptors (Lipinski definition) is 4. The van der Waals surface area contributed by atoms with Crippen molar-refractivity contribution in [1.29, 1.82) is 0 Å². The summed E-state index contributed by atoms with van der Waals surface area (Å²) in [4.78, 5) is 16.5. The highest BCUT2D eigenvalue weighted by atomic mass is 35.5. The van der Waals surface area contributed by atoms with Crippen molar-refractivity contribution in [1.82, 2.24) is 16.0 Å². The first kappa shape index (κ1) is 22.6. The maximum Gasteiger partial charge on any atom is 0.287 e. The van der Waals surface area contributed by atoms with Crippen molar-refractivity contribution >= 4 is 23.5 Å². The van der Waals surface area contributed by atoms with Crippen LogP contribution in [0.15, 0.2) is 39.9 Å². The molecule has 0 radical (unpaired) electrons. The lowest BCUT2D eigenvalue weighted by atomic mass is 10.1. The molecule has 0 aliphatic heterocycles. The summed E-state index contributed by atoms with van der Waals surface area (Å²) < 4.78 is 10.3. The van der Waals surface area contributed by atoms with E-state index in [4.69, 9.17) is 20.8 Å². The molecule has 158 valence electrons. The van der Waals surface area contributed by atoms with Gasteiger partial charge in [0.2, 0.25) is 0 Å². The Morgan fingerprint density at radius 1 is 1.21 bits per heavy atom. The lowest BCUT2D eigenvalue weighted by Crippen LogP contribution is -2.38. The van der Waals surface area contributed by atoms with Gasteiger partial charge < -0.3 is 25.1 Å². The predicted octanol–water partition coefficient (Wildman–Crippen LogP) is 3.17. The number of rotatable bonds is 10. The molecule has 2 rings (SSSR count). The molecule has 0 atom stereocenters. The number of hydrogen-bond donors (Lipinski definition) is 3. The summed E-state index contributed by atoms with van der Waals surface area (Å²) in [6, 6.07) is 7.46. The van der Waals surface area contributed by atoms with Gasteiger partial charge in [0.15, 0.2) is 11.7 Å². The lowest BCUT2D eigenvalue weighted by molar-refractivity contribution is 0.0925. The Kier molecular flexibility index (Phi) is 9.37. The Bertz CT molecular complexity index is 820. The first-order chi connectivity index (χ1) is 14.0. The van der Waals surface area contributed by atoms with E-state index in [0.717, 1.165) is 42.2 Å². The molecule has 0 aliphatic carbocycles. The number of benzene rings is 1. The van der Waals surface area contributed by atoms with Gasteiger partial charge in [0.05, 0.1) is 13.4 Å². The first-order valence-corrected chi connectivity index (χ1v) is 10.1. The van der Waals surface area contributed by atoms with Crippen LogP contribution >= 0.6 is 11.6 Å². The third kappa shape index (κ3) is 7.34. The standard InChI is InChI=1S/C21H29ClN4O3/c1-4-23-21(26-12-8-16-6-7-17(28-3)14-18(16)22)25-11-5-10-24-20(27)19-15(2)9-13-29-19/h6-7,9,13-14H,4-5,8,10-12H2,1-3H3,(H,24,27)(H2,23,25,26). The van der Waals surface area contributed by atoms with Crippen LogP contribution in [0.25, 0.3) is 0 Å². The van der Waals surface area contributed by atoms with Gasteiger partial charge in [0.25, 0.3) is 5.91 Å². The number of aryl methyl sites for hydroxylation is 1. The number of carbonyl (C=O) groups is 1. The molecule has 0 bridgehead atoms. The molecule has 0 saturated heterocycles. The Labute approximate surface area is 176 Å². The molecule has 3 N–H and O–H groups in total. The van der Waals surface area contributed by atoms with E-state index in [2.05, 4.69) is 20.9 Å². The smallest absolute Gasteiger partial charge is 0.287 e. The van der Waals surface area contributed by atoms with Crippen LogP contribution in [0.1, 0.15) is 35.0 Å². The highest BCUT2D eigenvalue weighted by molar-refractivity contribution is 6.31. The van der Waals surface area contributed by atoms with Crippen molar-refractivity contribution in [2.75, 3.05) is 33.3 Å². The van der Waals surface area contributed by atoms with Crippen molar-refractivity contribution < 1.29 is 13.9 Å². The van der Waals surface area contributed by atoms with Gasteiger partial charge in [-0.2, -0.15) is 0 Å². The van der Waals surface area contributed by atoms with Crippen LogP contribution in [0.4, 0.5) is 0 Å². The minimum absolute atomic E-state index is 0.196. The summed E-state index contributed by atoms with van der Waals surface area (Å²) in [5.41, 5.74) is 1.88. The average molecular weight is 421 g/mol. The zero-order valence-corrected chi connectivity index (χ0v) is 17.9. The van der Waals surface area contributed by atoms with Crippen LogP contribution in [0.3, 0.4) is 0 Å². The van der Waals surface area contributed by atoms with E-state index in [1.807, 2.05) is 32.0 Å². The summed E-state index contributed by atoms with van der Waals surface area (Å²) in [5.74, 6) is 1.65. The highest BCUT2D eigenvalue weighted by Gasteiger charge is 2.11. The third-order valence-electron chi connectivity index (χ3n) is 4.25. The number of aliphatic imine (C=N–C) groups is 1. The summed E-state index contributed by atoms with van der Waals surface area (Å²) in [6.07, 6.45) is 3.01. The second kappa shape index (κ2) is 12.0. The number of methoxy groups -OCH3 is 1. The number of nitrogens with one attached hydrogen (secondary N) is 3. The fraction of sp³-hybridized carbons (Fsp3) is 0.429. The first-order valence-electron chi connectivity index (χ1n) is 9.72. The Balaban J connectivity index is 1.73. The second-order valence-electron chi connectivity index (χ2n) is 6.44. The summed E-state index contributed by atoms with van der Waals surface area (Å²) >= 11 is 6.28. The molecule has 0 aliphatic rings. The van der Waals surface area contributed by atoms with Gasteiger partial charge >= 0.3 is 0 Å². The number of amides is 1. The molecule has 8 heteroatoms. The molecule has 0 saturated carbocycles. The molecule has 2 aromatic rings. The van der Waals surface area contributed by atoms with Gasteiger partial charge in [-0.05, 0) is 50.5 Å². The Morgan fingerprint density at radius 2 is 2.03 bits per heavy atom. The number of guanidine groups is 1. The number of halogens is 1. The SMILES string of the molecule is CCNC(=NCCCNC(=O)c1occc1C)NCCc1ccc(OC)cc1Cl. The Morgan fingerprint density at radius 3 is 2.69 bits per heavy atom. The third-order valence-corrected chi connectivity index (χ3v) is 4.60. The number of furan rings is 1. The zero-order valence-electron chi connectivity index (χ0n) is 17.2. The molecule has 1 amide bonds. The maximum atomic E-state index is 12.0. The van der Waals surface area contributed by atoms with E-state index in [1.165, 1.54) is 6.26 Å². The molecule has 1 heterocycles. The molecule has 1 aromatic carbocycles. The number of nitrogens with zero attached hydrogens (tertiary/aromatic N) is 1. The average Bonchev–Trinajstić information content (AvgIpc) is 3.14. The van der Waals surface area contributed by atoms with E-state index < -0.39 is 0 Å². The largest absolute Gasteiger partial charge is 0.497 e. The molecule has 7 nitrogen and oxygen atoms in total. The number of ether oxygens (including phenoxy) is 1.